The molecule has 0 heterocycles. The topological polar surface area (TPSA) is 78.9 Å². The van der Waals surface area contributed by atoms with E-state index in [1.807, 2.05) is 42.5 Å². The lowest BCUT2D eigenvalue weighted by atomic mass is 10.1. The number of amides is 2. The maximum Gasteiger partial charge on any atom is 0.316 e. The van der Waals surface area contributed by atoms with Gasteiger partial charge in [-0.1, -0.05) is 54.6 Å². The Kier molecular flexibility index (Phi) is 5.11. The normalized spacial score (nSPS) is 11.1. The molecule has 2 amide bonds. The van der Waals surface area contributed by atoms with Crippen molar-refractivity contribution in [3.8, 4) is 6.07 Å². The molecule has 0 spiro atoms. The number of carbonyl (C=O) groups is 1. The van der Waals surface area contributed by atoms with Gasteiger partial charge in [-0.25, -0.2) is 4.79 Å². The van der Waals surface area contributed by atoms with Gasteiger partial charge in [0.15, 0.2) is 0 Å². The van der Waals surface area contributed by atoms with E-state index in [4.69, 9.17) is 5.73 Å². The van der Waals surface area contributed by atoms with Gasteiger partial charge < -0.3 is 11.1 Å². The van der Waals surface area contributed by atoms with E-state index >= 15 is 0 Å². The third-order valence-electron chi connectivity index (χ3n) is 2.94. The molecule has 0 aliphatic heterocycles. The Balaban J connectivity index is 2.14. The summed E-state index contributed by atoms with van der Waals surface area (Å²) < 4.78 is 0. The molecule has 0 unspecified atom stereocenters. The molecule has 0 radical (unpaired) electrons. The summed E-state index contributed by atoms with van der Waals surface area (Å²) in [4.78, 5) is 10.8. The first-order valence-corrected chi connectivity index (χ1v) is 6.69. The maximum absolute atomic E-state index is 10.8. The van der Waals surface area contributed by atoms with Crippen LogP contribution in [0.2, 0.25) is 0 Å². The first-order valence-electron chi connectivity index (χ1n) is 6.69. The second kappa shape index (κ2) is 7.46. The van der Waals surface area contributed by atoms with Crippen molar-refractivity contribution >= 4 is 23.4 Å². The molecule has 2 aromatic rings. The third-order valence-corrected chi connectivity index (χ3v) is 2.94. The Hall–Kier alpha value is -3.32. The average molecular weight is 289 g/mol. The van der Waals surface area contributed by atoms with Crippen LogP contribution in [0.4, 0.5) is 10.5 Å². The highest BCUT2D eigenvalue weighted by Gasteiger charge is 2.00. The number of benzene rings is 2. The second-order valence-corrected chi connectivity index (χ2v) is 4.53. The van der Waals surface area contributed by atoms with Gasteiger partial charge in [0.1, 0.15) is 0 Å². The van der Waals surface area contributed by atoms with Gasteiger partial charge in [0, 0.05) is 5.69 Å². The summed E-state index contributed by atoms with van der Waals surface area (Å²) in [5.41, 5.74) is 8.02. The monoisotopic (exact) mass is 289 g/mol. The largest absolute Gasteiger partial charge is 0.351 e. The standard InChI is InChI=1S/C18H15N3O/c19-13-16(8-4-7-14-5-2-1-3-6-14)15-9-11-17(12-10-15)21-18(20)22/h1-12H,(H3,20,21,22)/b7-4+,16-8-. The van der Waals surface area contributed by atoms with Gasteiger partial charge in [-0.05, 0) is 29.3 Å². The molecule has 2 aromatic carbocycles. The van der Waals surface area contributed by atoms with Crippen LogP contribution in [0.15, 0.2) is 66.7 Å². The lowest BCUT2D eigenvalue weighted by Crippen LogP contribution is -2.19. The molecule has 0 aliphatic carbocycles. The maximum atomic E-state index is 10.8. The number of nitrogens with zero attached hydrogens (tertiary/aromatic N) is 1. The Morgan fingerprint density at radius 2 is 1.77 bits per heavy atom. The molecule has 0 aliphatic rings. The van der Waals surface area contributed by atoms with E-state index < -0.39 is 6.03 Å². The Morgan fingerprint density at radius 3 is 2.36 bits per heavy atom. The Labute approximate surface area is 129 Å². The van der Waals surface area contributed by atoms with Crippen LogP contribution in [0.25, 0.3) is 11.6 Å². The number of urea groups is 1. The molecule has 4 nitrogen and oxygen atoms in total. The number of allylic oxidation sites excluding steroid dienone is 3. The van der Waals surface area contributed by atoms with Crippen molar-refractivity contribution in [2.24, 2.45) is 5.73 Å². The molecule has 0 atom stereocenters. The van der Waals surface area contributed by atoms with Crippen LogP contribution in [0.1, 0.15) is 11.1 Å². The third kappa shape index (κ3) is 4.36. The van der Waals surface area contributed by atoms with Crippen LogP contribution in [0, 0.1) is 11.3 Å². The van der Waals surface area contributed by atoms with E-state index in [-0.39, 0.29) is 0 Å². The summed E-state index contributed by atoms with van der Waals surface area (Å²) >= 11 is 0. The minimum atomic E-state index is -0.616. The fraction of sp³-hybridized carbons (Fsp3) is 0. The van der Waals surface area contributed by atoms with E-state index in [1.54, 1.807) is 30.3 Å². The molecule has 108 valence electrons. The number of rotatable bonds is 4. The lowest BCUT2D eigenvalue weighted by Gasteiger charge is -2.03. The average Bonchev–Trinajstić information content (AvgIpc) is 2.53. The predicted octanol–water partition coefficient (Wildman–Crippen LogP) is 3.80. The number of nitrogens with two attached hydrogens (primary N) is 1. The Bertz CT molecular complexity index is 738. The summed E-state index contributed by atoms with van der Waals surface area (Å²) in [5.74, 6) is 0. The van der Waals surface area contributed by atoms with Gasteiger partial charge in [-0.2, -0.15) is 5.26 Å². The number of nitriles is 1. The number of primary amides is 1. The smallest absolute Gasteiger partial charge is 0.316 e. The number of anilines is 1. The van der Waals surface area contributed by atoms with Crippen LogP contribution in [-0.2, 0) is 0 Å². The summed E-state index contributed by atoms with van der Waals surface area (Å²) in [6.07, 6.45) is 5.52. The molecule has 0 saturated heterocycles. The fourth-order valence-corrected chi connectivity index (χ4v) is 1.89. The molecule has 2 rings (SSSR count). The van der Waals surface area contributed by atoms with Crippen molar-refractivity contribution in [2.75, 3.05) is 5.32 Å². The zero-order valence-corrected chi connectivity index (χ0v) is 11.9. The molecule has 0 fully saturated rings. The SMILES string of the molecule is N#C/C(=C/C=C/c1ccccc1)c1ccc(NC(N)=O)cc1. The van der Waals surface area contributed by atoms with Crippen LogP contribution in [0.5, 0.6) is 0 Å². The molecular weight excluding hydrogens is 274 g/mol. The van der Waals surface area contributed by atoms with E-state index in [0.29, 0.717) is 11.3 Å². The molecular formula is C18H15N3O. The quantitative estimate of drug-likeness (QED) is 0.663. The van der Waals surface area contributed by atoms with E-state index in [1.165, 1.54) is 0 Å². The van der Waals surface area contributed by atoms with Crippen LogP contribution < -0.4 is 11.1 Å². The van der Waals surface area contributed by atoms with Gasteiger partial charge in [0.05, 0.1) is 11.6 Å². The molecule has 3 N–H and O–H groups in total. The van der Waals surface area contributed by atoms with Crippen LogP contribution in [0.3, 0.4) is 0 Å². The second-order valence-electron chi connectivity index (χ2n) is 4.53. The first-order chi connectivity index (χ1) is 10.7. The molecule has 22 heavy (non-hydrogen) atoms. The summed E-state index contributed by atoms with van der Waals surface area (Å²) in [6, 6.07) is 18.3. The van der Waals surface area contributed by atoms with Crippen LogP contribution >= 0.6 is 0 Å². The van der Waals surface area contributed by atoms with Crippen molar-refractivity contribution in [3.05, 3.63) is 77.9 Å². The number of hydrogen-bond donors (Lipinski definition) is 2. The highest BCUT2D eigenvalue weighted by Crippen LogP contribution is 2.17. The van der Waals surface area contributed by atoms with E-state index in [9.17, 15) is 10.1 Å². The number of carbonyl (C=O) groups excluding carboxylic acids is 1. The fourth-order valence-electron chi connectivity index (χ4n) is 1.89. The van der Waals surface area contributed by atoms with Crippen molar-refractivity contribution in [3.63, 3.8) is 0 Å². The van der Waals surface area contributed by atoms with Gasteiger partial charge in [0.2, 0.25) is 0 Å². The highest BCUT2D eigenvalue weighted by atomic mass is 16.2. The van der Waals surface area contributed by atoms with E-state index in [2.05, 4.69) is 11.4 Å². The van der Waals surface area contributed by atoms with Gasteiger partial charge >= 0.3 is 6.03 Å². The predicted molar refractivity (Wildman–Crippen MR) is 88.7 cm³/mol. The van der Waals surface area contributed by atoms with Gasteiger partial charge in [-0.15, -0.1) is 0 Å². The molecule has 0 bridgehead atoms. The minimum Gasteiger partial charge on any atom is -0.351 e. The first kappa shape index (κ1) is 15.1. The summed E-state index contributed by atoms with van der Waals surface area (Å²) in [5, 5.41) is 11.7. The minimum absolute atomic E-state index is 0.540. The highest BCUT2D eigenvalue weighted by molar-refractivity contribution is 5.88. The number of nitrogens with one attached hydrogen (secondary N) is 1. The van der Waals surface area contributed by atoms with Crippen LogP contribution in [-0.4, -0.2) is 6.03 Å². The lowest BCUT2D eigenvalue weighted by molar-refractivity contribution is 0.259. The van der Waals surface area contributed by atoms with Crippen molar-refractivity contribution < 1.29 is 4.79 Å². The Morgan fingerprint density at radius 1 is 1.09 bits per heavy atom. The molecule has 0 saturated carbocycles. The zero-order valence-electron chi connectivity index (χ0n) is 11.9. The van der Waals surface area contributed by atoms with Gasteiger partial charge in [-0.3, -0.25) is 0 Å². The molecule has 4 heteroatoms. The van der Waals surface area contributed by atoms with Gasteiger partial charge in [0.25, 0.3) is 0 Å². The zero-order chi connectivity index (χ0) is 15.8. The van der Waals surface area contributed by atoms with Crippen molar-refractivity contribution in [1.29, 1.82) is 5.26 Å². The van der Waals surface area contributed by atoms with E-state index in [0.717, 1.165) is 11.1 Å². The van der Waals surface area contributed by atoms with Crippen molar-refractivity contribution in [1.82, 2.24) is 0 Å². The summed E-state index contributed by atoms with van der Waals surface area (Å²) in [6.45, 7) is 0. The number of hydrogen-bond acceptors (Lipinski definition) is 2. The van der Waals surface area contributed by atoms with Crippen molar-refractivity contribution in [2.45, 2.75) is 0 Å². The summed E-state index contributed by atoms with van der Waals surface area (Å²) in [7, 11) is 0. The molecule has 0 aromatic heterocycles.